The summed E-state index contributed by atoms with van der Waals surface area (Å²) in [6, 6.07) is 6.75. The molecule has 0 radical (unpaired) electrons. The van der Waals surface area contributed by atoms with Crippen molar-refractivity contribution in [3.63, 3.8) is 0 Å². The van der Waals surface area contributed by atoms with Crippen molar-refractivity contribution in [2.75, 3.05) is 18.4 Å². The Morgan fingerprint density at radius 2 is 1.90 bits per heavy atom. The number of aromatic nitrogens is 2. The molecule has 0 spiro atoms. The van der Waals surface area contributed by atoms with Crippen molar-refractivity contribution in [3.05, 3.63) is 57.6 Å². The summed E-state index contributed by atoms with van der Waals surface area (Å²) < 4.78 is 0. The summed E-state index contributed by atoms with van der Waals surface area (Å²) in [5.74, 6) is -0.298. The minimum Gasteiger partial charge on any atom is -0.338 e. The number of fused-ring (bicyclic) bond motifs is 1. The molecule has 2 N–H and O–H groups in total. The van der Waals surface area contributed by atoms with Crippen LogP contribution in [0.25, 0.3) is 0 Å². The van der Waals surface area contributed by atoms with Crippen LogP contribution < -0.4 is 10.9 Å². The van der Waals surface area contributed by atoms with E-state index in [-0.39, 0.29) is 28.6 Å². The molecule has 1 aliphatic carbocycles. The largest absolute Gasteiger partial charge is 0.338 e. The van der Waals surface area contributed by atoms with Gasteiger partial charge < -0.3 is 15.2 Å². The Labute approximate surface area is 180 Å². The molecule has 2 aliphatic rings. The topological polar surface area (TPSA) is 112 Å². The van der Waals surface area contributed by atoms with E-state index in [1.807, 2.05) is 13.8 Å². The number of ketones is 1. The van der Waals surface area contributed by atoms with Crippen LogP contribution in [0, 0.1) is 11.3 Å². The molecular formula is C23H26N4O4. The molecule has 2 aromatic rings. The van der Waals surface area contributed by atoms with E-state index in [0.717, 1.165) is 0 Å². The first-order chi connectivity index (χ1) is 14.7. The first-order valence-corrected chi connectivity index (χ1v) is 10.5. The van der Waals surface area contributed by atoms with Crippen molar-refractivity contribution in [1.82, 2.24) is 14.9 Å². The fraction of sp³-hybridized carbons (Fsp3) is 0.435. The Morgan fingerprint density at radius 3 is 2.58 bits per heavy atom. The highest BCUT2D eigenvalue weighted by Crippen LogP contribution is 2.33. The van der Waals surface area contributed by atoms with Gasteiger partial charge in [-0.15, -0.1) is 0 Å². The van der Waals surface area contributed by atoms with Crippen LogP contribution in [-0.2, 0) is 11.2 Å². The van der Waals surface area contributed by atoms with Gasteiger partial charge in [-0.1, -0.05) is 19.9 Å². The van der Waals surface area contributed by atoms with Crippen LogP contribution in [0.5, 0.6) is 0 Å². The molecule has 0 saturated carbocycles. The zero-order valence-corrected chi connectivity index (χ0v) is 17.7. The number of pyridine rings is 2. The molecule has 31 heavy (non-hydrogen) atoms. The van der Waals surface area contributed by atoms with Gasteiger partial charge in [0.15, 0.2) is 5.78 Å². The van der Waals surface area contributed by atoms with Crippen LogP contribution in [-0.4, -0.2) is 45.6 Å². The molecule has 0 unspecified atom stereocenters. The molecule has 0 atom stereocenters. The molecule has 1 saturated heterocycles. The number of carbonyl (C=O) groups excluding carboxylic acids is 3. The fourth-order valence-corrected chi connectivity index (χ4v) is 4.37. The second kappa shape index (κ2) is 8.09. The number of amides is 2. The molecule has 0 bridgehead atoms. The lowest BCUT2D eigenvalue weighted by Gasteiger charge is -2.32. The second-order valence-corrected chi connectivity index (χ2v) is 9.12. The first-order valence-electron chi connectivity index (χ1n) is 10.5. The number of aromatic amines is 1. The monoisotopic (exact) mass is 422 g/mol. The van der Waals surface area contributed by atoms with Crippen molar-refractivity contribution < 1.29 is 14.4 Å². The van der Waals surface area contributed by atoms with E-state index in [2.05, 4.69) is 15.3 Å². The van der Waals surface area contributed by atoms with E-state index in [0.29, 0.717) is 55.8 Å². The normalized spacial score (nSPS) is 18.4. The lowest BCUT2D eigenvalue weighted by molar-refractivity contribution is -0.121. The van der Waals surface area contributed by atoms with Crippen molar-refractivity contribution in [3.8, 4) is 0 Å². The van der Waals surface area contributed by atoms with Gasteiger partial charge in [-0.2, -0.15) is 0 Å². The fourth-order valence-electron chi connectivity index (χ4n) is 4.37. The van der Waals surface area contributed by atoms with Gasteiger partial charge >= 0.3 is 0 Å². The van der Waals surface area contributed by atoms with Gasteiger partial charge in [0.05, 0.1) is 0 Å². The quantitative estimate of drug-likeness (QED) is 0.789. The Bertz CT molecular complexity index is 1080. The van der Waals surface area contributed by atoms with Gasteiger partial charge in [-0.25, -0.2) is 4.98 Å². The molecule has 3 heterocycles. The van der Waals surface area contributed by atoms with E-state index in [1.54, 1.807) is 29.3 Å². The van der Waals surface area contributed by atoms with Crippen LogP contribution in [0.15, 0.2) is 35.3 Å². The molecule has 1 fully saturated rings. The average molecular weight is 422 g/mol. The van der Waals surface area contributed by atoms with E-state index in [4.69, 9.17) is 0 Å². The standard InChI is InChI=1S/C23H26N4O4/c1-23(2)12-17-15(18(28)13-23)11-16(21(30)25-17)22(31)27-9-6-14(7-10-27)20(29)26-19-5-3-4-8-24-19/h3-5,8,11,14H,6-7,9-10,12-13H2,1-2H3,(H,25,30)(H,24,26,29). The number of piperidine rings is 1. The number of rotatable bonds is 3. The first kappa shape index (κ1) is 21.0. The molecule has 8 heteroatoms. The third kappa shape index (κ3) is 4.42. The maximum absolute atomic E-state index is 13.0. The Kier molecular flexibility index (Phi) is 5.47. The maximum Gasteiger partial charge on any atom is 0.261 e. The van der Waals surface area contributed by atoms with Crippen LogP contribution in [0.2, 0.25) is 0 Å². The van der Waals surface area contributed by atoms with Gasteiger partial charge in [0.2, 0.25) is 5.91 Å². The number of hydrogen-bond donors (Lipinski definition) is 2. The Hall–Kier alpha value is -3.29. The lowest BCUT2D eigenvalue weighted by Crippen LogP contribution is -2.43. The number of H-pyrrole nitrogens is 1. The van der Waals surface area contributed by atoms with E-state index < -0.39 is 11.5 Å². The molecule has 4 rings (SSSR count). The predicted octanol–water partition coefficient (Wildman–Crippen LogP) is 2.42. The third-order valence-corrected chi connectivity index (χ3v) is 6.02. The summed E-state index contributed by atoms with van der Waals surface area (Å²) in [6.45, 7) is 4.71. The van der Waals surface area contributed by atoms with E-state index in [9.17, 15) is 19.2 Å². The van der Waals surface area contributed by atoms with Crippen LogP contribution in [0.3, 0.4) is 0 Å². The number of carbonyl (C=O) groups is 3. The van der Waals surface area contributed by atoms with Crippen molar-refractivity contribution in [2.24, 2.45) is 11.3 Å². The van der Waals surface area contributed by atoms with Gasteiger partial charge in [0.1, 0.15) is 11.4 Å². The van der Waals surface area contributed by atoms with Crippen molar-refractivity contribution in [2.45, 2.75) is 39.5 Å². The summed E-state index contributed by atoms with van der Waals surface area (Å²) in [4.78, 5) is 59.0. The Balaban J connectivity index is 1.43. The van der Waals surface area contributed by atoms with Crippen LogP contribution in [0.1, 0.15) is 59.5 Å². The van der Waals surface area contributed by atoms with Crippen LogP contribution in [0.4, 0.5) is 5.82 Å². The zero-order chi connectivity index (χ0) is 22.2. The van der Waals surface area contributed by atoms with Gasteiger partial charge in [0.25, 0.3) is 11.5 Å². The smallest absolute Gasteiger partial charge is 0.261 e. The maximum atomic E-state index is 13.0. The molecule has 2 aromatic heterocycles. The number of likely N-dealkylation sites (tertiary alicyclic amines) is 1. The SMILES string of the molecule is CC1(C)CC(=O)c2cc(C(=O)N3CCC(C(=O)Nc4ccccn4)CC3)c(=O)[nH]c2C1. The summed E-state index contributed by atoms with van der Waals surface area (Å²) in [5.41, 5.74) is 0.350. The zero-order valence-electron chi connectivity index (χ0n) is 17.7. The van der Waals surface area contributed by atoms with Crippen LogP contribution >= 0.6 is 0 Å². The lowest BCUT2D eigenvalue weighted by atomic mass is 9.75. The molecule has 162 valence electrons. The third-order valence-electron chi connectivity index (χ3n) is 6.02. The molecule has 0 aromatic carbocycles. The predicted molar refractivity (Wildman–Crippen MR) is 115 cm³/mol. The van der Waals surface area contributed by atoms with Gasteiger partial charge in [0, 0.05) is 42.9 Å². The van der Waals surface area contributed by atoms with Crippen molar-refractivity contribution >= 4 is 23.4 Å². The highest BCUT2D eigenvalue weighted by atomic mass is 16.2. The minimum atomic E-state index is -0.468. The van der Waals surface area contributed by atoms with E-state index >= 15 is 0 Å². The van der Waals surface area contributed by atoms with Crippen molar-refractivity contribution in [1.29, 1.82) is 0 Å². The Morgan fingerprint density at radius 1 is 1.16 bits per heavy atom. The number of Topliss-reactive ketones (excluding diaryl/α,β-unsaturated/α-hetero) is 1. The summed E-state index contributed by atoms with van der Waals surface area (Å²) in [5, 5.41) is 2.80. The number of hydrogen-bond acceptors (Lipinski definition) is 5. The average Bonchev–Trinajstić information content (AvgIpc) is 2.73. The highest BCUT2D eigenvalue weighted by molar-refractivity contribution is 6.02. The number of nitrogens with one attached hydrogen (secondary N) is 2. The molecular weight excluding hydrogens is 396 g/mol. The summed E-state index contributed by atoms with van der Waals surface area (Å²) in [6.07, 6.45) is 3.59. The van der Waals surface area contributed by atoms with E-state index in [1.165, 1.54) is 6.07 Å². The summed E-state index contributed by atoms with van der Waals surface area (Å²) >= 11 is 0. The highest BCUT2D eigenvalue weighted by Gasteiger charge is 2.34. The number of anilines is 1. The second-order valence-electron chi connectivity index (χ2n) is 9.12. The molecule has 2 amide bonds. The molecule has 8 nitrogen and oxygen atoms in total. The van der Waals surface area contributed by atoms with Gasteiger partial charge in [-0.3, -0.25) is 19.2 Å². The van der Waals surface area contributed by atoms with Gasteiger partial charge in [-0.05, 0) is 42.9 Å². The number of nitrogens with zero attached hydrogens (tertiary/aromatic N) is 2. The molecule has 1 aliphatic heterocycles. The summed E-state index contributed by atoms with van der Waals surface area (Å²) in [7, 11) is 0. The minimum absolute atomic E-state index is 0.0109.